The summed E-state index contributed by atoms with van der Waals surface area (Å²) in [6.45, 7) is 8.90. The highest BCUT2D eigenvalue weighted by molar-refractivity contribution is 4.81. The van der Waals surface area contributed by atoms with E-state index in [4.69, 9.17) is 5.73 Å². The lowest BCUT2D eigenvalue weighted by Crippen LogP contribution is -2.24. The lowest BCUT2D eigenvalue weighted by molar-refractivity contribution is 0.422. The van der Waals surface area contributed by atoms with E-state index < -0.39 is 0 Å². The Morgan fingerprint density at radius 2 is 1.58 bits per heavy atom. The van der Waals surface area contributed by atoms with Gasteiger partial charge in [0.15, 0.2) is 0 Å². The van der Waals surface area contributed by atoms with Crippen LogP contribution in [0.3, 0.4) is 0 Å². The molecular formula is C11H25N. The van der Waals surface area contributed by atoms with Crippen molar-refractivity contribution in [3.05, 3.63) is 0 Å². The van der Waals surface area contributed by atoms with Gasteiger partial charge in [0.1, 0.15) is 0 Å². The van der Waals surface area contributed by atoms with Gasteiger partial charge in [0.25, 0.3) is 0 Å². The Labute approximate surface area is 77.7 Å². The van der Waals surface area contributed by atoms with Crippen LogP contribution in [-0.2, 0) is 0 Å². The zero-order valence-electron chi connectivity index (χ0n) is 9.14. The molecule has 0 saturated heterocycles. The number of rotatable bonds is 1. The summed E-state index contributed by atoms with van der Waals surface area (Å²) in [7, 11) is 0. The molecule has 0 aliphatic heterocycles. The lowest BCUT2D eigenvalue weighted by atomic mass is 9.98. The summed E-state index contributed by atoms with van der Waals surface area (Å²) in [6, 6.07) is 0.491. The predicted octanol–water partition coefficient (Wildman–Crippen LogP) is 3.19. The van der Waals surface area contributed by atoms with Crippen LogP contribution < -0.4 is 5.73 Å². The minimum absolute atomic E-state index is 0.491. The fourth-order valence-electron chi connectivity index (χ4n) is 1.40. The average molecular weight is 171 g/mol. The second-order valence-electron chi connectivity index (χ2n) is 4.08. The fraction of sp³-hybridized carbons (Fsp3) is 1.00. The molecule has 2 N–H and O–H groups in total. The molecule has 1 heteroatoms. The van der Waals surface area contributed by atoms with E-state index in [-0.39, 0.29) is 0 Å². The first-order valence-corrected chi connectivity index (χ1v) is 5.39. The SMILES string of the molecule is CC1CCC(N)C1C.CCCC. The van der Waals surface area contributed by atoms with Crippen LogP contribution >= 0.6 is 0 Å². The van der Waals surface area contributed by atoms with Crippen molar-refractivity contribution < 1.29 is 0 Å². The van der Waals surface area contributed by atoms with E-state index in [2.05, 4.69) is 27.7 Å². The van der Waals surface area contributed by atoms with E-state index in [1.165, 1.54) is 25.7 Å². The Kier molecular flexibility index (Phi) is 6.45. The molecule has 0 radical (unpaired) electrons. The normalized spacial score (nSPS) is 34.2. The van der Waals surface area contributed by atoms with Crippen molar-refractivity contribution in [1.29, 1.82) is 0 Å². The summed E-state index contributed by atoms with van der Waals surface area (Å²) >= 11 is 0. The topological polar surface area (TPSA) is 26.0 Å². The van der Waals surface area contributed by atoms with Crippen molar-refractivity contribution in [3.63, 3.8) is 0 Å². The lowest BCUT2D eigenvalue weighted by Gasteiger charge is -2.11. The van der Waals surface area contributed by atoms with Crippen LogP contribution in [-0.4, -0.2) is 6.04 Å². The Bertz CT molecular complexity index is 89.2. The molecule has 1 fully saturated rings. The van der Waals surface area contributed by atoms with Crippen LogP contribution in [0.25, 0.3) is 0 Å². The zero-order chi connectivity index (χ0) is 9.56. The maximum absolute atomic E-state index is 5.77. The van der Waals surface area contributed by atoms with Gasteiger partial charge >= 0.3 is 0 Å². The minimum atomic E-state index is 0.491. The van der Waals surface area contributed by atoms with Gasteiger partial charge in [-0.3, -0.25) is 0 Å². The standard InChI is InChI=1S/C7H15N.C4H10/c1-5-3-4-7(8)6(5)2;1-3-4-2/h5-7H,3-4,8H2,1-2H3;3-4H2,1-2H3. The van der Waals surface area contributed by atoms with Crippen LogP contribution in [0.4, 0.5) is 0 Å². The molecular weight excluding hydrogens is 146 g/mol. The third-order valence-corrected chi connectivity index (χ3v) is 3.03. The van der Waals surface area contributed by atoms with Crippen molar-refractivity contribution in [1.82, 2.24) is 0 Å². The van der Waals surface area contributed by atoms with Crippen molar-refractivity contribution >= 4 is 0 Å². The molecule has 3 unspecified atom stereocenters. The summed E-state index contributed by atoms with van der Waals surface area (Å²) in [4.78, 5) is 0. The summed E-state index contributed by atoms with van der Waals surface area (Å²) < 4.78 is 0. The fourth-order valence-corrected chi connectivity index (χ4v) is 1.40. The van der Waals surface area contributed by atoms with E-state index in [1.807, 2.05) is 0 Å². The first-order chi connectivity index (χ1) is 5.63. The Morgan fingerprint density at radius 1 is 1.08 bits per heavy atom. The van der Waals surface area contributed by atoms with Gasteiger partial charge in [-0.25, -0.2) is 0 Å². The van der Waals surface area contributed by atoms with Crippen molar-refractivity contribution in [2.75, 3.05) is 0 Å². The van der Waals surface area contributed by atoms with Gasteiger partial charge in [-0.05, 0) is 24.7 Å². The quantitative estimate of drug-likeness (QED) is 0.644. The Morgan fingerprint density at radius 3 is 1.67 bits per heavy atom. The van der Waals surface area contributed by atoms with Crippen molar-refractivity contribution in [3.8, 4) is 0 Å². The maximum atomic E-state index is 5.77. The second kappa shape index (κ2) is 6.47. The second-order valence-corrected chi connectivity index (χ2v) is 4.08. The monoisotopic (exact) mass is 171 g/mol. The number of hydrogen-bond donors (Lipinski definition) is 1. The molecule has 1 rings (SSSR count). The highest BCUT2D eigenvalue weighted by Crippen LogP contribution is 2.29. The van der Waals surface area contributed by atoms with Gasteiger partial charge in [0.05, 0.1) is 0 Å². The zero-order valence-corrected chi connectivity index (χ0v) is 9.14. The smallest absolute Gasteiger partial charge is 0.00671 e. The predicted molar refractivity (Wildman–Crippen MR) is 56.1 cm³/mol. The van der Waals surface area contributed by atoms with E-state index >= 15 is 0 Å². The van der Waals surface area contributed by atoms with Gasteiger partial charge in [-0.1, -0.05) is 40.5 Å². The molecule has 0 aromatic carbocycles. The molecule has 0 spiro atoms. The average Bonchev–Trinajstić information content (AvgIpc) is 2.37. The van der Waals surface area contributed by atoms with Crippen LogP contribution in [0.2, 0.25) is 0 Å². The Balaban J connectivity index is 0.000000261. The van der Waals surface area contributed by atoms with Crippen LogP contribution in [0.15, 0.2) is 0 Å². The van der Waals surface area contributed by atoms with Gasteiger partial charge < -0.3 is 5.73 Å². The molecule has 0 heterocycles. The van der Waals surface area contributed by atoms with Crippen LogP contribution in [0.1, 0.15) is 53.4 Å². The number of hydrogen-bond acceptors (Lipinski definition) is 1. The molecule has 12 heavy (non-hydrogen) atoms. The highest BCUT2D eigenvalue weighted by atomic mass is 14.7. The maximum Gasteiger partial charge on any atom is 0.00671 e. The highest BCUT2D eigenvalue weighted by Gasteiger charge is 2.25. The molecule has 1 saturated carbocycles. The van der Waals surface area contributed by atoms with Crippen LogP contribution in [0, 0.1) is 11.8 Å². The number of unbranched alkanes of at least 4 members (excludes halogenated alkanes) is 1. The molecule has 0 aromatic rings. The van der Waals surface area contributed by atoms with Gasteiger partial charge in [-0.15, -0.1) is 0 Å². The first kappa shape index (κ1) is 12.0. The van der Waals surface area contributed by atoms with E-state index in [0.717, 1.165) is 11.8 Å². The third-order valence-electron chi connectivity index (χ3n) is 3.03. The van der Waals surface area contributed by atoms with Gasteiger partial charge in [-0.2, -0.15) is 0 Å². The summed E-state index contributed by atoms with van der Waals surface area (Å²) in [5, 5.41) is 0. The molecule has 0 aromatic heterocycles. The van der Waals surface area contributed by atoms with Gasteiger partial charge in [0.2, 0.25) is 0 Å². The molecule has 74 valence electrons. The summed E-state index contributed by atoms with van der Waals surface area (Å²) in [5.74, 6) is 1.62. The molecule has 3 atom stereocenters. The first-order valence-electron chi connectivity index (χ1n) is 5.39. The van der Waals surface area contributed by atoms with E-state index in [9.17, 15) is 0 Å². The number of nitrogens with two attached hydrogens (primary N) is 1. The molecule has 1 aliphatic rings. The largest absolute Gasteiger partial charge is 0.327 e. The molecule has 0 amide bonds. The molecule has 1 aliphatic carbocycles. The minimum Gasteiger partial charge on any atom is -0.327 e. The molecule has 1 nitrogen and oxygen atoms in total. The summed E-state index contributed by atoms with van der Waals surface area (Å²) in [5.41, 5.74) is 5.77. The van der Waals surface area contributed by atoms with Crippen molar-refractivity contribution in [2.24, 2.45) is 17.6 Å². The van der Waals surface area contributed by atoms with Crippen LogP contribution in [0.5, 0.6) is 0 Å². The van der Waals surface area contributed by atoms with E-state index in [1.54, 1.807) is 0 Å². The third kappa shape index (κ3) is 4.10. The van der Waals surface area contributed by atoms with Crippen molar-refractivity contribution in [2.45, 2.75) is 59.4 Å². The molecule has 0 bridgehead atoms. The van der Waals surface area contributed by atoms with E-state index in [0.29, 0.717) is 6.04 Å². The summed E-state index contributed by atoms with van der Waals surface area (Å²) in [6.07, 6.45) is 5.21. The van der Waals surface area contributed by atoms with Gasteiger partial charge in [0, 0.05) is 6.04 Å². The Hall–Kier alpha value is -0.0400.